The summed E-state index contributed by atoms with van der Waals surface area (Å²) in [6.07, 6.45) is 1.63. The maximum atomic E-state index is 13.4. The first kappa shape index (κ1) is 21.7. The molecule has 1 aliphatic rings. The van der Waals surface area contributed by atoms with Gasteiger partial charge in [-0.3, -0.25) is 4.79 Å². The average molecular weight is 481 g/mol. The van der Waals surface area contributed by atoms with Gasteiger partial charge in [0.25, 0.3) is 15.9 Å². The molecule has 0 saturated carbocycles. The van der Waals surface area contributed by atoms with E-state index in [-0.39, 0.29) is 16.7 Å². The number of benzene rings is 2. The van der Waals surface area contributed by atoms with E-state index in [2.05, 4.69) is 15.5 Å². The van der Waals surface area contributed by atoms with Crippen molar-refractivity contribution >= 4 is 43.9 Å². The Morgan fingerprint density at radius 2 is 1.76 bits per heavy atom. The van der Waals surface area contributed by atoms with Gasteiger partial charge in [-0.15, -0.1) is 11.3 Å². The summed E-state index contributed by atoms with van der Waals surface area (Å²) in [4.78, 5) is 15.3. The van der Waals surface area contributed by atoms with E-state index in [0.717, 1.165) is 42.1 Å². The highest BCUT2D eigenvalue weighted by molar-refractivity contribution is 7.92. The number of fused-ring (bicyclic) bond motifs is 1. The Morgan fingerprint density at radius 3 is 2.55 bits per heavy atom. The number of hydrogen-bond donors (Lipinski definition) is 2. The highest BCUT2D eigenvalue weighted by Crippen LogP contribution is 2.32. The minimum absolute atomic E-state index is 0.190. The summed E-state index contributed by atoms with van der Waals surface area (Å²) < 4.78 is 28.5. The van der Waals surface area contributed by atoms with Crippen molar-refractivity contribution in [1.29, 1.82) is 0 Å². The van der Waals surface area contributed by atoms with Crippen LogP contribution in [0, 0.1) is 0 Å². The van der Waals surface area contributed by atoms with Gasteiger partial charge in [-0.05, 0) is 42.5 Å². The van der Waals surface area contributed by atoms with Crippen LogP contribution in [0.25, 0.3) is 10.9 Å². The predicted octanol–water partition coefficient (Wildman–Crippen LogP) is 3.28. The molecule has 0 unspecified atom stereocenters. The first-order chi connectivity index (χ1) is 16.0. The number of hydrogen-bond acceptors (Lipinski definition) is 6. The minimum atomic E-state index is -3.75. The fraction of sp³-hybridized carbons (Fsp3) is 0.208. The number of thiophene rings is 1. The Labute approximate surface area is 196 Å². The largest absolute Gasteiger partial charge is 0.368 e. The number of nitrogens with one attached hydrogen (secondary N) is 2. The molecule has 5 rings (SSSR count). The highest BCUT2D eigenvalue weighted by Gasteiger charge is 2.23. The van der Waals surface area contributed by atoms with Crippen LogP contribution in [0.5, 0.6) is 0 Å². The summed E-state index contributed by atoms with van der Waals surface area (Å²) in [5.41, 5.74) is 2.29. The van der Waals surface area contributed by atoms with E-state index >= 15 is 0 Å². The molecule has 2 aromatic carbocycles. The van der Waals surface area contributed by atoms with Crippen molar-refractivity contribution in [3.05, 3.63) is 83.4 Å². The number of carbonyl (C=O) groups excluding carboxylic acids is 1. The van der Waals surface area contributed by atoms with Crippen LogP contribution in [0.15, 0.2) is 77.1 Å². The molecule has 0 spiro atoms. The second-order valence-corrected chi connectivity index (χ2v) is 11.0. The number of carbonyl (C=O) groups is 1. The lowest BCUT2D eigenvalue weighted by atomic mass is 10.2. The SMILES string of the molecule is O=C(NCc1ccc(S(=O)(=O)n2ccc3c(N4CCNCC4)cccc32)s1)c1ccccc1. The van der Waals surface area contributed by atoms with E-state index in [1.54, 1.807) is 42.6 Å². The van der Waals surface area contributed by atoms with Gasteiger partial charge in [-0.2, -0.15) is 8.42 Å². The predicted molar refractivity (Wildman–Crippen MR) is 132 cm³/mol. The van der Waals surface area contributed by atoms with Crippen molar-refractivity contribution in [2.75, 3.05) is 31.1 Å². The fourth-order valence-corrected chi connectivity index (χ4v) is 6.80. The molecule has 2 aromatic heterocycles. The third-order valence-corrected chi connectivity index (χ3v) is 8.98. The molecule has 0 radical (unpaired) electrons. The van der Waals surface area contributed by atoms with Crippen molar-refractivity contribution in [2.24, 2.45) is 0 Å². The molecule has 0 atom stereocenters. The molecule has 170 valence electrons. The van der Waals surface area contributed by atoms with Crippen LogP contribution < -0.4 is 15.5 Å². The summed E-state index contributed by atoms with van der Waals surface area (Å²) >= 11 is 1.17. The zero-order valence-electron chi connectivity index (χ0n) is 17.9. The first-order valence-corrected chi connectivity index (χ1v) is 13.0. The molecule has 0 aliphatic carbocycles. The maximum Gasteiger partial charge on any atom is 0.277 e. The van der Waals surface area contributed by atoms with E-state index in [1.165, 1.54) is 15.3 Å². The number of piperazine rings is 1. The molecule has 1 fully saturated rings. The maximum absolute atomic E-state index is 13.4. The Balaban J connectivity index is 1.38. The van der Waals surface area contributed by atoms with Gasteiger partial charge in [0.15, 0.2) is 0 Å². The molecule has 1 saturated heterocycles. The van der Waals surface area contributed by atoms with Crippen LogP contribution in [-0.2, 0) is 16.6 Å². The third-order valence-electron chi connectivity index (χ3n) is 5.74. The molecule has 4 aromatic rings. The van der Waals surface area contributed by atoms with Crippen LogP contribution in [0.1, 0.15) is 15.2 Å². The van der Waals surface area contributed by atoms with E-state index in [1.807, 2.05) is 30.3 Å². The van der Waals surface area contributed by atoms with Crippen LogP contribution in [-0.4, -0.2) is 44.5 Å². The lowest BCUT2D eigenvalue weighted by Gasteiger charge is -2.30. The van der Waals surface area contributed by atoms with Crippen LogP contribution in [0.4, 0.5) is 5.69 Å². The zero-order valence-corrected chi connectivity index (χ0v) is 19.5. The standard InChI is InChI=1S/C24H24N4O3S2/c29-24(18-5-2-1-3-6-18)26-17-19-9-10-23(32-19)33(30,31)28-14-11-20-21(7-4-8-22(20)28)27-15-12-25-13-16-27/h1-11,14,25H,12-13,15-17H2,(H,26,29). The smallest absolute Gasteiger partial charge is 0.277 e. The molecule has 0 bridgehead atoms. The van der Waals surface area contributed by atoms with Gasteiger partial charge in [-0.1, -0.05) is 24.3 Å². The van der Waals surface area contributed by atoms with Gasteiger partial charge in [0, 0.05) is 53.9 Å². The first-order valence-electron chi connectivity index (χ1n) is 10.8. The van der Waals surface area contributed by atoms with Crippen molar-refractivity contribution in [3.8, 4) is 0 Å². The van der Waals surface area contributed by atoms with Gasteiger partial charge < -0.3 is 15.5 Å². The number of rotatable bonds is 6. The van der Waals surface area contributed by atoms with Crippen LogP contribution in [0.3, 0.4) is 0 Å². The lowest BCUT2D eigenvalue weighted by Crippen LogP contribution is -2.43. The molecule has 1 amide bonds. The Bertz CT molecular complexity index is 1390. The topological polar surface area (TPSA) is 83.4 Å². The van der Waals surface area contributed by atoms with E-state index < -0.39 is 10.0 Å². The summed E-state index contributed by atoms with van der Waals surface area (Å²) in [6.45, 7) is 3.87. The molecule has 9 heteroatoms. The fourth-order valence-electron chi connectivity index (χ4n) is 4.07. The van der Waals surface area contributed by atoms with Crippen molar-refractivity contribution in [3.63, 3.8) is 0 Å². The second-order valence-electron chi connectivity index (χ2n) is 7.83. The average Bonchev–Trinajstić information content (AvgIpc) is 3.52. The normalized spacial score (nSPS) is 14.5. The quantitative estimate of drug-likeness (QED) is 0.443. The number of aromatic nitrogens is 1. The number of amides is 1. The molecule has 3 heterocycles. The molecule has 7 nitrogen and oxygen atoms in total. The third kappa shape index (κ3) is 4.27. The van der Waals surface area contributed by atoms with Crippen molar-refractivity contribution < 1.29 is 13.2 Å². The minimum Gasteiger partial charge on any atom is -0.368 e. The Hall–Kier alpha value is -3.14. The number of nitrogens with zero attached hydrogens (tertiary/aromatic N) is 2. The summed E-state index contributed by atoms with van der Waals surface area (Å²) in [5, 5.41) is 7.12. The molecule has 1 aliphatic heterocycles. The molecule has 33 heavy (non-hydrogen) atoms. The monoisotopic (exact) mass is 480 g/mol. The van der Waals surface area contributed by atoms with Gasteiger partial charge in [0.1, 0.15) is 4.21 Å². The van der Waals surface area contributed by atoms with Crippen LogP contribution in [0.2, 0.25) is 0 Å². The summed E-state index contributed by atoms with van der Waals surface area (Å²) in [5.74, 6) is -0.190. The van der Waals surface area contributed by atoms with E-state index in [9.17, 15) is 13.2 Å². The highest BCUT2D eigenvalue weighted by atomic mass is 32.2. The molecular weight excluding hydrogens is 456 g/mol. The molecule has 2 N–H and O–H groups in total. The van der Waals surface area contributed by atoms with Gasteiger partial charge in [0.2, 0.25) is 0 Å². The van der Waals surface area contributed by atoms with Gasteiger partial charge in [0.05, 0.1) is 12.1 Å². The number of anilines is 1. The lowest BCUT2D eigenvalue weighted by molar-refractivity contribution is 0.0951. The molecular formula is C24H24N4O3S2. The summed E-state index contributed by atoms with van der Waals surface area (Å²) in [6, 6.07) is 20.0. The second kappa shape index (κ2) is 9.01. The Kier molecular flexibility index (Phi) is 5.92. The van der Waals surface area contributed by atoms with Gasteiger partial charge in [-0.25, -0.2) is 3.97 Å². The van der Waals surface area contributed by atoms with Crippen LogP contribution >= 0.6 is 11.3 Å². The van der Waals surface area contributed by atoms with Crippen molar-refractivity contribution in [2.45, 2.75) is 10.8 Å². The Morgan fingerprint density at radius 1 is 0.970 bits per heavy atom. The van der Waals surface area contributed by atoms with E-state index in [0.29, 0.717) is 11.1 Å². The van der Waals surface area contributed by atoms with Crippen molar-refractivity contribution in [1.82, 2.24) is 14.6 Å². The van der Waals surface area contributed by atoms with E-state index in [4.69, 9.17) is 0 Å². The van der Waals surface area contributed by atoms with Gasteiger partial charge >= 0.3 is 0 Å². The zero-order chi connectivity index (χ0) is 22.8. The summed E-state index contributed by atoms with van der Waals surface area (Å²) in [7, 11) is -3.75.